The Kier molecular flexibility index (Phi) is 6.79. The number of methoxy groups -OCH3 is 3. The average Bonchev–Trinajstić information content (AvgIpc) is 3.39. The topological polar surface area (TPSA) is 66.5 Å². The molecule has 27 heavy (non-hydrogen) atoms. The van der Waals surface area contributed by atoms with E-state index in [9.17, 15) is 4.79 Å². The van der Waals surface area contributed by atoms with E-state index >= 15 is 0 Å². The lowest BCUT2D eigenvalue weighted by atomic mass is 10.1. The molecule has 0 bridgehead atoms. The van der Waals surface area contributed by atoms with Crippen LogP contribution in [0.15, 0.2) is 12.1 Å². The van der Waals surface area contributed by atoms with Gasteiger partial charge in [-0.25, -0.2) is 0 Å². The molecule has 0 aliphatic carbocycles. The zero-order valence-corrected chi connectivity index (χ0v) is 16.4. The van der Waals surface area contributed by atoms with E-state index in [0.29, 0.717) is 35.9 Å². The Balaban J connectivity index is 1.84. The van der Waals surface area contributed by atoms with Gasteiger partial charge in [-0.1, -0.05) is 0 Å². The van der Waals surface area contributed by atoms with Crippen LogP contribution < -0.4 is 14.2 Å². The summed E-state index contributed by atoms with van der Waals surface area (Å²) in [6.07, 6.45) is 4.19. The summed E-state index contributed by atoms with van der Waals surface area (Å²) >= 11 is 0. The highest BCUT2D eigenvalue weighted by Crippen LogP contribution is 2.38. The van der Waals surface area contributed by atoms with Gasteiger partial charge in [-0.05, 0) is 37.8 Å². The third-order valence-corrected chi connectivity index (χ3v) is 5.09. The Morgan fingerprint density at radius 3 is 1.85 bits per heavy atom. The van der Waals surface area contributed by atoms with E-state index in [0.717, 1.165) is 38.9 Å². The molecule has 7 heteroatoms. The maximum absolute atomic E-state index is 13.3. The first-order valence-electron chi connectivity index (χ1n) is 9.48. The maximum Gasteiger partial charge on any atom is 0.254 e. The molecule has 1 amide bonds. The van der Waals surface area contributed by atoms with Crippen molar-refractivity contribution < 1.29 is 28.5 Å². The van der Waals surface area contributed by atoms with Gasteiger partial charge in [0, 0.05) is 31.9 Å². The third-order valence-electron chi connectivity index (χ3n) is 5.09. The molecule has 7 nitrogen and oxygen atoms in total. The smallest absolute Gasteiger partial charge is 0.254 e. The fourth-order valence-corrected chi connectivity index (χ4v) is 3.70. The van der Waals surface area contributed by atoms with Gasteiger partial charge in [0.2, 0.25) is 5.75 Å². The van der Waals surface area contributed by atoms with Crippen LogP contribution in [0.5, 0.6) is 17.2 Å². The van der Waals surface area contributed by atoms with E-state index in [1.54, 1.807) is 33.5 Å². The summed E-state index contributed by atoms with van der Waals surface area (Å²) in [4.78, 5) is 15.2. The van der Waals surface area contributed by atoms with E-state index in [1.165, 1.54) is 0 Å². The van der Waals surface area contributed by atoms with Gasteiger partial charge in [-0.3, -0.25) is 4.79 Å². The molecule has 2 saturated heterocycles. The molecule has 0 spiro atoms. The SMILES string of the molecule is COc1cc(C(=O)N(C[C@H]2CCCO2)C[C@@H]2CCCO2)cc(OC)c1OC. The molecule has 2 aliphatic heterocycles. The molecule has 0 radical (unpaired) electrons. The molecule has 0 aromatic heterocycles. The summed E-state index contributed by atoms with van der Waals surface area (Å²) in [6.45, 7) is 2.65. The molecule has 1 aromatic rings. The van der Waals surface area contributed by atoms with Crippen molar-refractivity contribution in [3.05, 3.63) is 17.7 Å². The Morgan fingerprint density at radius 2 is 1.48 bits per heavy atom. The lowest BCUT2D eigenvalue weighted by molar-refractivity contribution is 0.0307. The number of amides is 1. The summed E-state index contributed by atoms with van der Waals surface area (Å²) in [5.41, 5.74) is 0.500. The van der Waals surface area contributed by atoms with Crippen LogP contribution in [0.3, 0.4) is 0 Å². The zero-order chi connectivity index (χ0) is 19.2. The van der Waals surface area contributed by atoms with Gasteiger partial charge in [0.1, 0.15) is 0 Å². The summed E-state index contributed by atoms with van der Waals surface area (Å²) < 4.78 is 27.6. The van der Waals surface area contributed by atoms with E-state index in [2.05, 4.69) is 0 Å². The first kappa shape index (κ1) is 19.8. The second-order valence-electron chi connectivity index (χ2n) is 6.89. The van der Waals surface area contributed by atoms with Crippen molar-refractivity contribution in [1.82, 2.24) is 4.90 Å². The zero-order valence-electron chi connectivity index (χ0n) is 16.4. The molecule has 150 valence electrons. The molecule has 0 unspecified atom stereocenters. The van der Waals surface area contributed by atoms with Gasteiger partial charge in [-0.2, -0.15) is 0 Å². The molecule has 2 atom stereocenters. The molecule has 0 saturated carbocycles. The van der Waals surface area contributed by atoms with Crippen LogP contribution >= 0.6 is 0 Å². The van der Waals surface area contributed by atoms with Crippen molar-refractivity contribution in [2.45, 2.75) is 37.9 Å². The predicted octanol–water partition coefficient (Wildman–Crippen LogP) is 2.51. The van der Waals surface area contributed by atoms with Gasteiger partial charge in [0.25, 0.3) is 5.91 Å². The molecule has 2 aliphatic rings. The fourth-order valence-electron chi connectivity index (χ4n) is 3.70. The van der Waals surface area contributed by atoms with Gasteiger partial charge < -0.3 is 28.6 Å². The normalized spacial score (nSPS) is 21.9. The van der Waals surface area contributed by atoms with Crippen molar-refractivity contribution in [2.75, 3.05) is 47.6 Å². The summed E-state index contributed by atoms with van der Waals surface area (Å²) in [7, 11) is 4.63. The summed E-state index contributed by atoms with van der Waals surface area (Å²) in [5, 5.41) is 0. The van der Waals surface area contributed by atoms with Crippen molar-refractivity contribution in [2.24, 2.45) is 0 Å². The monoisotopic (exact) mass is 379 g/mol. The molecule has 1 aromatic carbocycles. The molecule has 0 N–H and O–H groups in total. The van der Waals surface area contributed by atoms with Crippen LogP contribution in [0.2, 0.25) is 0 Å². The minimum absolute atomic E-state index is 0.0809. The second kappa shape index (κ2) is 9.28. The number of carbonyl (C=O) groups excluding carboxylic acids is 1. The van der Waals surface area contributed by atoms with Crippen LogP contribution in [-0.4, -0.2) is 70.6 Å². The van der Waals surface area contributed by atoms with Gasteiger partial charge in [-0.15, -0.1) is 0 Å². The van der Waals surface area contributed by atoms with Crippen molar-refractivity contribution in [1.29, 1.82) is 0 Å². The van der Waals surface area contributed by atoms with Gasteiger partial charge >= 0.3 is 0 Å². The number of carbonyl (C=O) groups is 1. The predicted molar refractivity (Wildman–Crippen MR) is 99.9 cm³/mol. The highest BCUT2D eigenvalue weighted by molar-refractivity contribution is 5.95. The second-order valence-corrected chi connectivity index (χ2v) is 6.89. The number of rotatable bonds is 8. The third kappa shape index (κ3) is 4.65. The minimum atomic E-state index is -0.0831. The van der Waals surface area contributed by atoms with E-state index in [4.69, 9.17) is 23.7 Å². The molecule has 2 heterocycles. The lowest BCUT2D eigenvalue weighted by Crippen LogP contribution is -2.42. The van der Waals surface area contributed by atoms with E-state index in [-0.39, 0.29) is 18.1 Å². The van der Waals surface area contributed by atoms with E-state index < -0.39 is 0 Å². The number of nitrogens with zero attached hydrogens (tertiary/aromatic N) is 1. The summed E-state index contributed by atoms with van der Waals surface area (Å²) in [5.74, 6) is 1.32. The van der Waals surface area contributed by atoms with Crippen molar-refractivity contribution >= 4 is 5.91 Å². The van der Waals surface area contributed by atoms with Crippen LogP contribution in [0, 0.1) is 0 Å². The van der Waals surface area contributed by atoms with Crippen LogP contribution in [-0.2, 0) is 9.47 Å². The Hall–Kier alpha value is -1.99. The highest BCUT2D eigenvalue weighted by Gasteiger charge is 2.28. The van der Waals surface area contributed by atoms with Crippen LogP contribution in [0.25, 0.3) is 0 Å². The first-order valence-corrected chi connectivity index (χ1v) is 9.48. The molecule has 2 fully saturated rings. The standard InChI is InChI=1S/C20H29NO6/c1-23-17-10-14(11-18(24-2)19(17)25-3)20(22)21(12-15-6-4-8-26-15)13-16-7-5-9-27-16/h10-11,15-16H,4-9,12-13H2,1-3H3/t15-,16+. The number of hydrogen-bond acceptors (Lipinski definition) is 6. The molecule has 3 rings (SSSR count). The number of hydrogen-bond donors (Lipinski definition) is 0. The minimum Gasteiger partial charge on any atom is -0.493 e. The van der Waals surface area contributed by atoms with E-state index in [1.807, 2.05) is 4.90 Å². The van der Waals surface area contributed by atoms with Gasteiger partial charge in [0.05, 0.1) is 33.5 Å². The summed E-state index contributed by atoms with van der Waals surface area (Å²) in [6, 6.07) is 3.39. The largest absolute Gasteiger partial charge is 0.493 e. The Labute approximate surface area is 160 Å². The Morgan fingerprint density at radius 1 is 0.963 bits per heavy atom. The van der Waals surface area contributed by atoms with Gasteiger partial charge in [0.15, 0.2) is 11.5 Å². The highest BCUT2D eigenvalue weighted by atomic mass is 16.5. The Bertz CT molecular complexity index is 594. The van der Waals surface area contributed by atoms with Crippen LogP contribution in [0.1, 0.15) is 36.0 Å². The van der Waals surface area contributed by atoms with Crippen molar-refractivity contribution in [3.63, 3.8) is 0 Å². The quantitative estimate of drug-likeness (QED) is 0.691. The van der Waals surface area contributed by atoms with Crippen molar-refractivity contribution in [3.8, 4) is 17.2 Å². The molecular weight excluding hydrogens is 350 g/mol. The number of ether oxygens (including phenoxy) is 5. The molecular formula is C20H29NO6. The van der Waals surface area contributed by atoms with Crippen LogP contribution in [0.4, 0.5) is 0 Å². The lowest BCUT2D eigenvalue weighted by Gasteiger charge is -2.28. The maximum atomic E-state index is 13.3. The fraction of sp³-hybridized carbons (Fsp3) is 0.650. The average molecular weight is 379 g/mol. The first-order chi connectivity index (χ1) is 13.2. The number of benzene rings is 1.